The van der Waals surface area contributed by atoms with Crippen LogP contribution in [0.1, 0.15) is 25.3 Å². The number of carbonyl (C=O) groups excluding carboxylic acids is 1. The number of benzene rings is 1. The third kappa shape index (κ3) is 3.55. The summed E-state index contributed by atoms with van der Waals surface area (Å²) >= 11 is 5.99. The van der Waals surface area contributed by atoms with Gasteiger partial charge >= 0.3 is 0 Å². The summed E-state index contributed by atoms with van der Waals surface area (Å²) in [6.45, 7) is 1.95. The van der Waals surface area contributed by atoms with E-state index in [9.17, 15) is 4.79 Å². The highest BCUT2D eigenvalue weighted by Crippen LogP contribution is 2.35. The first-order chi connectivity index (χ1) is 9.55. The van der Waals surface area contributed by atoms with Crippen molar-refractivity contribution < 1.29 is 14.3 Å². The van der Waals surface area contributed by atoms with Gasteiger partial charge in [-0.3, -0.25) is 4.79 Å². The van der Waals surface area contributed by atoms with E-state index in [4.69, 9.17) is 26.8 Å². The molecular weight excluding hydrogens is 280 g/mol. The summed E-state index contributed by atoms with van der Waals surface area (Å²) < 4.78 is 11.0. The Morgan fingerprint density at radius 1 is 1.55 bits per heavy atom. The van der Waals surface area contributed by atoms with Crippen molar-refractivity contribution in [2.75, 3.05) is 7.11 Å². The Morgan fingerprint density at radius 2 is 2.25 bits per heavy atom. The van der Waals surface area contributed by atoms with Crippen LogP contribution in [0.25, 0.3) is 0 Å². The summed E-state index contributed by atoms with van der Waals surface area (Å²) in [7, 11) is 1.52. The van der Waals surface area contributed by atoms with Gasteiger partial charge in [0, 0.05) is 29.2 Å². The molecule has 110 valence electrons. The maximum atomic E-state index is 11.9. The monoisotopic (exact) mass is 298 g/mol. The van der Waals surface area contributed by atoms with Gasteiger partial charge in [-0.1, -0.05) is 11.6 Å². The molecule has 0 heterocycles. The van der Waals surface area contributed by atoms with E-state index in [1.165, 1.54) is 7.11 Å². The van der Waals surface area contributed by atoms with Gasteiger partial charge in [-0.15, -0.1) is 0 Å². The molecule has 1 atom stereocenters. The molecule has 1 saturated carbocycles. The number of nitrogens with one attached hydrogen (secondary N) is 1. The maximum absolute atomic E-state index is 11.9. The van der Waals surface area contributed by atoms with E-state index in [0.717, 1.165) is 12.8 Å². The molecular formula is C14H19ClN2O3. The van der Waals surface area contributed by atoms with Crippen molar-refractivity contribution in [3.05, 3.63) is 22.7 Å². The van der Waals surface area contributed by atoms with Gasteiger partial charge in [0.1, 0.15) is 0 Å². The van der Waals surface area contributed by atoms with Crippen LogP contribution in [0.3, 0.4) is 0 Å². The number of nitrogens with two attached hydrogens (primary N) is 1. The molecule has 6 heteroatoms. The van der Waals surface area contributed by atoms with Crippen molar-refractivity contribution in [1.82, 2.24) is 5.32 Å². The van der Waals surface area contributed by atoms with Crippen molar-refractivity contribution in [2.45, 2.75) is 38.5 Å². The van der Waals surface area contributed by atoms with Crippen LogP contribution in [0.5, 0.6) is 11.5 Å². The van der Waals surface area contributed by atoms with E-state index in [1.54, 1.807) is 19.1 Å². The lowest BCUT2D eigenvalue weighted by atomic mass is 10.2. The summed E-state index contributed by atoms with van der Waals surface area (Å²) in [4.78, 5) is 11.9. The fourth-order valence-corrected chi connectivity index (χ4v) is 2.07. The molecule has 20 heavy (non-hydrogen) atoms. The molecule has 1 unspecified atom stereocenters. The van der Waals surface area contributed by atoms with Gasteiger partial charge in [-0.25, -0.2) is 0 Å². The molecule has 0 aromatic heterocycles. The predicted molar refractivity (Wildman–Crippen MR) is 77.2 cm³/mol. The Bertz CT molecular complexity index is 478. The number of rotatable bonds is 6. The van der Waals surface area contributed by atoms with E-state index >= 15 is 0 Å². The Hall–Kier alpha value is -1.46. The van der Waals surface area contributed by atoms with Crippen molar-refractivity contribution >= 4 is 17.5 Å². The zero-order valence-corrected chi connectivity index (χ0v) is 12.4. The van der Waals surface area contributed by atoms with Crippen molar-refractivity contribution in [3.8, 4) is 11.5 Å². The van der Waals surface area contributed by atoms with E-state index < -0.39 is 6.10 Å². The first-order valence-corrected chi connectivity index (χ1v) is 6.96. The average Bonchev–Trinajstić information content (AvgIpc) is 3.23. The number of carbonyl (C=O) groups is 1. The Labute approximate surface area is 123 Å². The molecule has 0 spiro atoms. The first kappa shape index (κ1) is 14.9. The summed E-state index contributed by atoms with van der Waals surface area (Å²) in [6, 6.07) is 3.65. The van der Waals surface area contributed by atoms with Crippen LogP contribution >= 0.6 is 11.6 Å². The quantitative estimate of drug-likeness (QED) is 0.840. The number of hydrogen-bond acceptors (Lipinski definition) is 4. The third-order valence-corrected chi connectivity index (χ3v) is 3.34. The standard InChI is InChI=1S/C14H19ClN2O3/c1-8(14(18)17-11-3-4-11)20-13-9(7-16)5-10(15)6-12(13)19-2/h5-6,8,11H,3-4,7,16H2,1-2H3,(H,17,18). The number of ether oxygens (including phenoxy) is 2. The summed E-state index contributed by atoms with van der Waals surface area (Å²) in [5.74, 6) is 0.814. The Morgan fingerprint density at radius 3 is 2.80 bits per heavy atom. The second kappa shape index (κ2) is 6.33. The van der Waals surface area contributed by atoms with Crippen molar-refractivity contribution in [3.63, 3.8) is 0 Å². The second-order valence-electron chi connectivity index (χ2n) is 4.84. The summed E-state index contributed by atoms with van der Waals surface area (Å²) in [5.41, 5.74) is 6.40. The summed E-state index contributed by atoms with van der Waals surface area (Å²) in [5, 5.41) is 3.42. The summed E-state index contributed by atoms with van der Waals surface area (Å²) in [6.07, 6.45) is 1.46. The Kier molecular flexibility index (Phi) is 4.73. The molecule has 1 aliphatic rings. The first-order valence-electron chi connectivity index (χ1n) is 6.58. The zero-order chi connectivity index (χ0) is 14.7. The number of hydrogen-bond donors (Lipinski definition) is 2. The van der Waals surface area contributed by atoms with Crippen molar-refractivity contribution in [2.24, 2.45) is 5.73 Å². The highest BCUT2D eigenvalue weighted by Gasteiger charge is 2.27. The molecule has 1 amide bonds. The van der Waals surface area contributed by atoms with Crippen LogP contribution in [-0.4, -0.2) is 25.2 Å². The van der Waals surface area contributed by atoms with Gasteiger partial charge in [-0.05, 0) is 25.8 Å². The molecule has 0 bridgehead atoms. The third-order valence-electron chi connectivity index (χ3n) is 3.12. The van der Waals surface area contributed by atoms with Gasteiger partial charge in [0.2, 0.25) is 0 Å². The average molecular weight is 299 g/mol. The molecule has 2 rings (SSSR count). The van der Waals surface area contributed by atoms with Gasteiger partial charge in [0.05, 0.1) is 7.11 Å². The lowest BCUT2D eigenvalue weighted by Gasteiger charge is -2.19. The number of amides is 1. The van der Waals surface area contributed by atoms with Gasteiger partial charge in [0.25, 0.3) is 5.91 Å². The van der Waals surface area contributed by atoms with E-state index in [2.05, 4.69) is 5.32 Å². The van der Waals surface area contributed by atoms with E-state index in [1.807, 2.05) is 0 Å². The minimum atomic E-state index is -0.615. The van der Waals surface area contributed by atoms with Crippen LogP contribution in [0.2, 0.25) is 5.02 Å². The molecule has 1 aliphatic carbocycles. The van der Waals surface area contributed by atoms with Crippen LogP contribution in [0.15, 0.2) is 12.1 Å². The Balaban J connectivity index is 2.15. The normalized spacial score (nSPS) is 15.6. The van der Waals surface area contributed by atoms with Crippen LogP contribution in [-0.2, 0) is 11.3 Å². The number of halogens is 1. The highest BCUT2D eigenvalue weighted by molar-refractivity contribution is 6.30. The largest absolute Gasteiger partial charge is 0.493 e. The zero-order valence-electron chi connectivity index (χ0n) is 11.6. The minimum Gasteiger partial charge on any atom is -0.493 e. The van der Waals surface area contributed by atoms with Gasteiger partial charge < -0.3 is 20.5 Å². The molecule has 1 aromatic rings. The lowest BCUT2D eigenvalue weighted by molar-refractivity contribution is -0.127. The SMILES string of the molecule is COc1cc(Cl)cc(CN)c1OC(C)C(=O)NC1CC1. The molecule has 0 radical (unpaired) electrons. The fraction of sp³-hybridized carbons (Fsp3) is 0.500. The molecule has 0 saturated heterocycles. The molecule has 0 aliphatic heterocycles. The molecule has 1 fully saturated rings. The maximum Gasteiger partial charge on any atom is 0.260 e. The molecule has 1 aromatic carbocycles. The van der Waals surface area contributed by atoms with Gasteiger partial charge in [-0.2, -0.15) is 0 Å². The molecule has 5 nitrogen and oxygen atoms in total. The second-order valence-corrected chi connectivity index (χ2v) is 5.28. The fourth-order valence-electron chi connectivity index (χ4n) is 1.84. The smallest absolute Gasteiger partial charge is 0.260 e. The van der Waals surface area contributed by atoms with Crippen molar-refractivity contribution in [1.29, 1.82) is 0 Å². The lowest BCUT2D eigenvalue weighted by Crippen LogP contribution is -2.37. The van der Waals surface area contributed by atoms with Crippen LogP contribution < -0.4 is 20.5 Å². The van der Waals surface area contributed by atoms with Crippen LogP contribution in [0, 0.1) is 0 Å². The molecule has 3 N–H and O–H groups in total. The topological polar surface area (TPSA) is 73.6 Å². The highest BCUT2D eigenvalue weighted by atomic mass is 35.5. The predicted octanol–water partition coefficient (Wildman–Crippen LogP) is 1.85. The van der Waals surface area contributed by atoms with Crippen LogP contribution in [0.4, 0.5) is 0 Å². The van der Waals surface area contributed by atoms with E-state index in [0.29, 0.717) is 28.1 Å². The number of methoxy groups -OCH3 is 1. The van der Waals surface area contributed by atoms with Gasteiger partial charge in [0.15, 0.2) is 17.6 Å². The van der Waals surface area contributed by atoms with E-state index in [-0.39, 0.29) is 12.5 Å². The minimum absolute atomic E-state index is 0.132.